The normalized spacial score (nSPS) is 14.7. The Kier molecular flexibility index (Phi) is 7.23. The van der Waals surface area contributed by atoms with Crippen LogP contribution in [0.3, 0.4) is 0 Å². The van der Waals surface area contributed by atoms with Gasteiger partial charge in [0, 0.05) is 49.5 Å². The molecule has 0 radical (unpaired) electrons. The number of hydrogen-bond donors (Lipinski definition) is 0. The topological polar surface area (TPSA) is 94.1 Å². The molecular formula is C25H30N4O5S. The highest BCUT2D eigenvalue weighted by Gasteiger charge is 2.28. The SMILES string of the molecule is CON(C)C(=O)c1ccc(-c2csc3c(OC4CCN(C(=O)OC(C)(C)C)CC4)ncnc23)cc1. The number of fused-ring (bicyclic) bond motifs is 1. The Balaban J connectivity index is 1.45. The molecular weight excluding hydrogens is 468 g/mol. The molecule has 0 N–H and O–H groups in total. The van der Waals surface area contributed by atoms with Gasteiger partial charge in [0.05, 0.1) is 12.6 Å². The molecule has 10 heteroatoms. The average Bonchev–Trinajstić information content (AvgIpc) is 3.28. The molecule has 0 atom stereocenters. The quantitative estimate of drug-likeness (QED) is 0.468. The molecule has 1 fully saturated rings. The van der Waals surface area contributed by atoms with Gasteiger partial charge in [-0.15, -0.1) is 11.3 Å². The summed E-state index contributed by atoms with van der Waals surface area (Å²) in [6, 6.07) is 7.34. The van der Waals surface area contributed by atoms with Gasteiger partial charge < -0.3 is 14.4 Å². The number of carbonyl (C=O) groups is 2. The van der Waals surface area contributed by atoms with Gasteiger partial charge in [-0.1, -0.05) is 12.1 Å². The molecule has 0 unspecified atom stereocenters. The largest absolute Gasteiger partial charge is 0.473 e. The first-order chi connectivity index (χ1) is 16.7. The molecule has 2 aromatic heterocycles. The predicted octanol–water partition coefficient (Wildman–Crippen LogP) is 4.77. The Bertz CT molecular complexity index is 1200. The van der Waals surface area contributed by atoms with Crippen LogP contribution < -0.4 is 4.74 Å². The van der Waals surface area contributed by atoms with Crippen LogP contribution >= 0.6 is 11.3 Å². The van der Waals surface area contributed by atoms with Crippen LogP contribution in [-0.2, 0) is 9.57 Å². The summed E-state index contributed by atoms with van der Waals surface area (Å²) in [7, 11) is 3.02. The van der Waals surface area contributed by atoms with Crippen molar-refractivity contribution in [3.63, 3.8) is 0 Å². The minimum absolute atomic E-state index is 0.0413. The molecule has 35 heavy (non-hydrogen) atoms. The summed E-state index contributed by atoms with van der Waals surface area (Å²) in [4.78, 5) is 40.2. The zero-order valence-corrected chi connectivity index (χ0v) is 21.4. The molecule has 1 aliphatic heterocycles. The van der Waals surface area contributed by atoms with Crippen LogP contribution in [0, 0.1) is 0 Å². The second-order valence-corrected chi connectivity index (χ2v) is 10.2. The summed E-state index contributed by atoms with van der Waals surface area (Å²) in [5, 5.41) is 3.21. The van der Waals surface area contributed by atoms with Crippen LogP contribution in [0.1, 0.15) is 44.0 Å². The minimum atomic E-state index is -0.510. The summed E-state index contributed by atoms with van der Waals surface area (Å²) in [6.45, 7) is 6.75. The number of aromatic nitrogens is 2. The van der Waals surface area contributed by atoms with Crippen LogP contribution in [0.5, 0.6) is 5.88 Å². The maximum Gasteiger partial charge on any atom is 0.410 e. The lowest BCUT2D eigenvalue weighted by atomic mass is 10.1. The van der Waals surface area contributed by atoms with Crippen molar-refractivity contribution in [2.45, 2.75) is 45.3 Å². The number of amides is 2. The zero-order chi connectivity index (χ0) is 25.2. The number of piperidine rings is 1. The van der Waals surface area contributed by atoms with Gasteiger partial charge in [0.1, 0.15) is 22.7 Å². The van der Waals surface area contributed by atoms with E-state index in [4.69, 9.17) is 14.3 Å². The van der Waals surface area contributed by atoms with E-state index >= 15 is 0 Å². The van der Waals surface area contributed by atoms with Gasteiger partial charge in [-0.25, -0.2) is 19.8 Å². The standard InChI is InChI=1S/C25H30N4O5S/c1-25(2,3)34-24(31)29-12-10-18(11-13-29)33-22-21-20(26-15-27-22)19(14-35-21)16-6-8-17(9-7-16)23(30)28(4)32-5/h6-9,14-15,18H,10-13H2,1-5H3. The number of carbonyl (C=O) groups excluding carboxylic acids is 2. The molecule has 1 saturated heterocycles. The summed E-state index contributed by atoms with van der Waals surface area (Å²) in [5.41, 5.74) is 2.73. The highest BCUT2D eigenvalue weighted by atomic mass is 32.1. The highest BCUT2D eigenvalue weighted by Crippen LogP contribution is 2.37. The number of nitrogens with zero attached hydrogens (tertiary/aromatic N) is 4. The van der Waals surface area contributed by atoms with E-state index < -0.39 is 5.60 Å². The van der Waals surface area contributed by atoms with Crippen molar-refractivity contribution >= 4 is 33.6 Å². The van der Waals surface area contributed by atoms with Crippen LogP contribution in [0.4, 0.5) is 4.79 Å². The van der Waals surface area contributed by atoms with E-state index in [0.717, 1.165) is 21.3 Å². The molecule has 0 saturated carbocycles. The molecule has 1 aromatic carbocycles. The fourth-order valence-corrected chi connectivity index (χ4v) is 4.78. The van der Waals surface area contributed by atoms with Crippen LogP contribution in [0.2, 0.25) is 0 Å². The molecule has 3 heterocycles. The van der Waals surface area contributed by atoms with E-state index in [9.17, 15) is 9.59 Å². The van der Waals surface area contributed by atoms with Gasteiger partial charge in [0.2, 0.25) is 5.88 Å². The van der Waals surface area contributed by atoms with E-state index in [1.807, 2.05) is 38.3 Å². The number of thiophene rings is 1. The van der Waals surface area contributed by atoms with Gasteiger partial charge in [-0.05, 0) is 38.5 Å². The van der Waals surface area contributed by atoms with Gasteiger partial charge in [-0.2, -0.15) is 0 Å². The number of hydrogen-bond acceptors (Lipinski definition) is 8. The van der Waals surface area contributed by atoms with Gasteiger partial charge in [0.15, 0.2) is 0 Å². The molecule has 1 aliphatic rings. The number of ether oxygens (including phenoxy) is 2. The van der Waals surface area contributed by atoms with Crippen molar-refractivity contribution in [3.8, 4) is 17.0 Å². The third-order valence-corrected chi connectivity index (χ3v) is 6.65. The summed E-state index contributed by atoms with van der Waals surface area (Å²) >= 11 is 1.53. The average molecular weight is 499 g/mol. The van der Waals surface area contributed by atoms with Gasteiger partial charge >= 0.3 is 6.09 Å². The van der Waals surface area contributed by atoms with Crippen molar-refractivity contribution in [1.29, 1.82) is 0 Å². The first kappa shape index (κ1) is 24.9. The van der Waals surface area contributed by atoms with E-state index in [1.54, 1.807) is 24.1 Å². The van der Waals surface area contributed by atoms with Crippen LogP contribution in [0.25, 0.3) is 21.3 Å². The van der Waals surface area contributed by atoms with Gasteiger partial charge in [0.25, 0.3) is 5.91 Å². The molecule has 0 spiro atoms. The molecule has 0 aliphatic carbocycles. The Morgan fingerprint density at radius 3 is 2.43 bits per heavy atom. The Morgan fingerprint density at radius 1 is 1.11 bits per heavy atom. The predicted molar refractivity (Wildman–Crippen MR) is 133 cm³/mol. The van der Waals surface area contributed by atoms with Crippen molar-refractivity contribution < 1.29 is 23.9 Å². The highest BCUT2D eigenvalue weighted by molar-refractivity contribution is 7.18. The lowest BCUT2D eigenvalue weighted by molar-refractivity contribution is -0.0756. The molecule has 4 rings (SSSR count). The zero-order valence-electron chi connectivity index (χ0n) is 20.6. The lowest BCUT2D eigenvalue weighted by Crippen LogP contribution is -2.44. The van der Waals surface area contributed by atoms with E-state index in [2.05, 4.69) is 9.97 Å². The maximum atomic E-state index is 12.3. The monoisotopic (exact) mass is 498 g/mol. The fraction of sp³-hybridized carbons (Fsp3) is 0.440. The molecule has 3 aromatic rings. The number of benzene rings is 1. The molecule has 2 amide bonds. The Labute approximate surface area is 208 Å². The fourth-order valence-electron chi connectivity index (χ4n) is 3.82. The second-order valence-electron chi connectivity index (χ2n) is 9.35. The first-order valence-electron chi connectivity index (χ1n) is 11.5. The number of rotatable bonds is 5. The van der Waals surface area contributed by atoms with Crippen molar-refractivity contribution in [2.75, 3.05) is 27.2 Å². The molecule has 9 nitrogen and oxygen atoms in total. The number of likely N-dealkylation sites (tertiary alicyclic amines) is 1. The second kappa shape index (κ2) is 10.2. The Morgan fingerprint density at radius 2 is 1.80 bits per heavy atom. The van der Waals surface area contributed by atoms with Gasteiger partial charge in [-0.3, -0.25) is 9.63 Å². The molecule has 0 bridgehead atoms. The lowest BCUT2D eigenvalue weighted by Gasteiger charge is -2.33. The van der Waals surface area contributed by atoms with Crippen LogP contribution in [-0.4, -0.2) is 70.9 Å². The summed E-state index contributed by atoms with van der Waals surface area (Å²) in [6.07, 6.45) is 2.59. The molecule has 186 valence electrons. The van der Waals surface area contributed by atoms with E-state index in [0.29, 0.717) is 37.4 Å². The van der Waals surface area contributed by atoms with Crippen molar-refractivity contribution in [2.24, 2.45) is 0 Å². The minimum Gasteiger partial charge on any atom is -0.473 e. The van der Waals surface area contributed by atoms with E-state index in [1.165, 1.54) is 29.8 Å². The summed E-state index contributed by atoms with van der Waals surface area (Å²) in [5.74, 6) is 0.334. The number of hydroxylamine groups is 2. The smallest absolute Gasteiger partial charge is 0.410 e. The van der Waals surface area contributed by atoms with Crippen molar-refractivity contribution in [3.05, 3.63) is 41.5 Å². The van der Waals surface area contributed by atoms with Crippen molar-refractivity contribution in [1.82, 2.24) is 19.9 Å². The van der Waals surface area contributed by atoms with Crippen LogP contribution in [0.15, 0.2) is 36.0 Å². The maximum absolute atomic E-state index is 12.3. The third kappa shape index (κ3) is 5.71. The summed E-state index contributed by atoms with van der Waals surface area (Å²) < 4.78 is 12.6. The van der Waals surface area contributed by atoms with E-state index in [-0.39, 0.29) is 18.1 Å². The first-order valence-corrected chi connectivity index (χ1v) is 12.3. The Hall–Kier alpha value is -3.24. The third-order valence-electron chi connectivity index (χ3n) is 5.70.